The molecule has 0 bridgehead atoms. The summed E-state index contributed by atoms with van der Waals surface area (Å²) in [6, 6.07) is 0.572. The topological polar surface area (TPSA) is 62.7 Å². The molecule has 0 N–H and O–H groups in total. The molecule has 1 aliphatic carbocycles. The highest BCUT2D eigenvalue weighted by Gasteiger charge is 2.57. The number of thiazole rings is 1. The molecule has 1 atom stereocenters. The zero-order valence-electron chi connectivity index (χ0n) is 13.3. The van der Waals surface area contributed by atoms with Gasteiger partial charge in [-0.2, -0.15) is 0 Å². The summed E-state index contributed by atoms with van der Waals surface area (Å²) in [6.07, 6.45) is 5.00. The first-order valence-corrected chi connectivity index (χ1v) is 10.5. The summed E-state index contributed by atoms with van der Waals surface area (Å²) in [4.78, 5) is 6.75. The van der Waals surface area contributed by atoms with Crippen LogP contribution in [0.4, 0.5) is 0 Å². The molecule has 128 valence electrons. The van der Waals surface area contributed by atoms with Crippen LogP contribution in [-0.4, -0.2) is 67.2 Å². The maximum absolute atomic E-state index is 12.5. The van der Waals surface area contributed by atoms with Gasteiger partial charge in [-0.15, -0.1) is 11.3 Å². The lowest BCUT2D eigenvalue weighted by atomic mass is 9.93. The van der Waals surface area contributed by atoms with Crippen molar-refractivity contribution in [3.63, 3.8) is 0 Å². The van der Waals surface area contributed by atoms with Gasteiger partial charge in [-0.05, 0) is 31.7 Å². The molecule has 2 saturated heterocycles. The fraction of sp³-hybridized carbons (Fsp3) is 0.800. The van der Waals surface area contributed by atoms with Gasteiger partial charge in [-0.25, -0.2) is 17.7 Å². The summed E-state index contributed by atoms with van der Waals surface area (Å²) in [5.41, 5.74) is 0.328. The lowest BCUT2D eigenvalue weighted by Crippen LogP contribution is -2.51. The molecule has 4 rings (SSSR count). The van der Waals surface area contributed by atoms with Gasteiger partial charge in [-0.3, -0.25) is 4.90 Å². The van der Waals surface area contributed by atoms with Crippen molar-refractivity contribution >= 4 is 21.4 Å². The Morgan fingerprint density at radius 2 is 2.17 bits per heavy atom. The van der Waals surface area contributed by atoms with Gasteiger partial charge in [-0.1, -0.05) is 0 Å². The Kier molecular flexibility index (Phi) is 4.00. The van der Waals surface area contributed by atoms with E-state index in [1.54, 1.807) is 15.6 Å². The average Bonchev–Trinajstić information content (AvgIpc) is 2.91. The molecule has 6 nitrogen and oxygen atoms in total. The molecule has 0 radical (unpaired) electrons. The fourth-order valence-corrected chi connectivity index (χ4v) is 6.25. The number of piperidine rings is 1. The summed E-state index contributed by atoms with van der Waals surface area (Å²) in [7, 11) is -0.978. The number of ether oxygens (including phenoxy) is 1. The van der Waals surface area contributed by atoms with E-state index >= 15 is 0 Å². The molecule has 0 amide bonds. The highest BCUT2D eigenvalue weighted by molar-refractivity contribution is 7.89. The van der Waals surface area contributed by atoms with Gasteiger partial charge in [0.05, 0.1) is 19.8 Å². The largest absolute Gasteiger partial charge is 0.378 e. The van der Waals surface area contributed by atoms with Crippen molar-refractivity contribution in [2.75, 3.05) is 33.4 Å². The van der Waals surface area contributed by atoms with E-state index in [4.69, 9.17) is 4.74 Å². The Bertz CT molecular complexity index is 650. The lowest BCUT2D eigenvalue weighted by Gasteiger charge is -2.37. The molecule has 2 aliphatic heterocycles. The van der Waals surface area contributed by atoms with Gasteiger partial charge in [0, 0.05) is 30.7 Å². The maximum Gasteiger partial charge on any atom is 0.221 e. The molecule has 1 unspecified atom stereocenters. The van der Waals surface area contributed by atoms with Crippen molar-refractivity contribution in [1.82, 2.24) is 14.2 Å². The Morgan fingerprint density at radius 1 is 1.43 bits per heavy atom. The van der Waals surface area contributed by atoms with Crippen LogP contribution in [0.15, 0.2) is 11.6 Å². The highest BCUT2D eigenvalue weighted by Crippen LogP contribution is 2.56. The number of nitrogens with zero attached hydrogens (tertiary/aromatic N) is 3. The molecular formula is C15H23N3O3S2. The Morgan fingerprint density at radius 3 is 2.74 bits per heavy atom. The van der Waals surface area contributed by atoms with Crippen molar-refractivity contribution in [3.8, 4) is 0 Å². The molecule has 1 saturated carbocycles. The van der Waals surface area contributed by atoms with Crippen molar-refractivity contribution < 1.29 is 13.2 Å². The van der Waals surface area contributed by atoms with Gasteiger partial charge >= 0.3 is 0 Å². The Labute approximate surface area is 141 Å². The molecule has 1 spiro atoms. The van der Waals surface area contributed by atoms with Gasteiger partial charge in [0.1, 0.15) is 10.3 Å². The van der Waals surface area contributed by atoms with E-state index in [0.29, 0.717) is 37.8 Å². The van der Waals surface area contributed by atoms with Crippen molar-refractivity contribution in [2.45, 2.75) is 37.1 Å². The summed E-state index contributed by atoms with van der Waals surface area (Å²) < 4.78 is 31.7. The molecule has 23 heavy (non-hydrogen) atoms. The minimum Gasteiger partial charge on any atom is -0.378 e. The van der Waals surface area contributed by atoms with E-state index in [-0.39, 0.29) is 5.25 Å². The third-order valence-electron chi connectivity index (χ3n) is 5.65. The minimum atomic E-state index is -3.14. The summed E-state index contributed by atoms with van der Waals surface area (Å²) in [5, 5.41) is 2.86. The molecular weight excluding hydrogens is 334 g/mol. The highest BCUT2D eigenvalue weighted by atomic mass is 32.2. The van der Waals surface area contributed by atoms with Crippen LogP contribution < -0.4 is 0 Å². The second-order valence-electron chi connectivity index (χ2n) is 7.03. The standard InChI is InChI=1S/C15H23N3O3S2/c1-17(9-14-16-4-7-22-14)13-8-15(13)2-5-18(6-3-15)23(19,20)12-10-21-11-12/h4,7,12-13H,2-3,5-6,8-11H2,1H3. The molecule has 1 aromatic heterocycles. The van der Waals surface area contributed by atoms with E-state index < -0.39 is 10.0 Å². The third kappa shape index (κ3) is 2.84. The first-order chi connectivity index (χ1) is 11.0. The summed E-state index contributed by atoms with van der Waals surface area (Å²) >= 11 is 1.70. The predicted molar refractivity (Wildman–Crippen MR) is 88.8 cm³/mol. The van der Waals surface area contributed by atoms with Gasteiger partial charge < -0.3 is 4.74 Å². The van der Waals surface area contributed by atoms with Crippen LogP contribution in [0, 0.1) is 5.41 Å². The second kappa shape index (κ2) is 5.77. The van der Waals surface area contributed by atoms with E-state index in [9.17, 15) is 8.42 Å². The Balaban J connectivity index is 1.33. The molecule has 3 fully saturated rings. The minimum absolute atomic E-state index is 0.306. The monoisotopic (exact) mass is 357 g/mol. The zero-order valence-corrected chi connectivity index (χ0v) is 15.0. The van der Waals surface area contributed by atoms with Crippen LogP contribution in [0.3, 0.4) is 0 Å². The fourth-order valence-electron chi connectivity index (χ4n) is 3.92. The number of hydrogen-bond donors (Lipinski definition) is 0. The van der Waals surface area contributed by atoms with Crippen molar-refractivity contribution in [2.24, 2.45) is 5.41 Å². The van der Waals surface area contributed by atoms with Crippen LogP contribution in [0.25, 0.3) is 0 Å². The Hall–Kier alpha value is -0.540. The predicted octanol–water partition coefficient (Wildman–Crippen LogP) is 1.16. The van der Waals surface area contributed by atoms with Crippen LogP contribution in [0.1, 0.15) is 24.3 Å². The van der Waals surface area contributed by atoms with Crippen molar-refractivity contribution in [1.29, 1.82) is 0 Å². The third-order valence-corrected chi connectivity index (χ3v) is 8.62. The first-order valence-electron chi connectivity index (χ1n) is 8.17. The maximum atomic E-state index is 12.5. The normalized spacial score (nSPS) is 28.2. The van der Waals surface area contributed by atoms with Gasteiger partial charge in [0.25, 0.3) is 0 Å². The number of aromatic nitrogens is 1. The van der Waals surface area contributed by atoms with Gasteiger partial charge in [0.15, 0.2) is 0 Å². The summed E-state index contributed by atoms with van der Waals surface area (Å²) in [5.74, 6) is 0. The number of hydrogen-bond acceptors (Lipinski definition) is 6. The number of sulfonamides is 1. The van der Waals surface area contributed by atoms with E-state index in [1.807, 2.05) is 11.6 Å². The van der Waals surface area contributed by atoms with Crippen LogP contribution in [-0.2, 0) is 21.3 Å². The first kappa shape index (κ1) is 16.0. The molecule has 3 heterocycles. The summed E-state index contributed by atoms with van der Waals surface area (Å²) in [6.45, 7) is 2.96. The van der Waals surface area contributed by atoms with E-state index in [0.717, 1.165) is 24.4 Å². The lowest BCUT2D eigenvalue weighted by molar-refractivity contribution is 0.0383. The van der Waals surface area contributed by atoms with E-state index in [2.05, 4.69) is 16.9 Å². The number of rotatable bonds is 5. The van der Waals surface area contributed by atoms with Crippen LogP contribution in [0.2, 0.25) is 0 Å². The molecule has 3 aliphatic rings. The van der Waals surface area contributed by atoms with Crippen LogP contribution in [0.5, 0.6) is 0 Å². The quantitative estimate of drug-likeness (QED) is 0.791. The zero-order chi connectivity index (χ0) is 16.1. The van der Waals surface area contributed by atoms with E-state index in [1.165, 1.54) is 6.42 Å². The van der Waals surface area contributed by atoms with Crippen molar-refractivity contribution in [3.05, 3.63) is 16.6 Å². The smallest absolute Gasteiger partial charge is 0.221 e. The van der Waals surface area contributed by atoms with Gasteiger partial charge in [0.2, 0.25) is 10.0 Å². The molecule has 8 heteroatoms. The molecule has 1 aromatic rings. The van der Waals surface area contributed by atoms with Crippen LogP contribution >= 0.6 is 11.3 Å². The molecule has 0 aromatic carbocycles. The average molecular weight is 358 g/mol. The SMILES string of the molecule is CN(Cc1nccs1)C1CC12CCN(S(=O)(=O)C1COC1)CC2. The second-order valence-corrected chi connectivity index (χ2v) is 10.2.